The topological polar surface area (TPSA) is 37.3 Å². The van der Waals surface area contributed by atoms with Crippen LogP contribution in [-0.2, 0) is 10.2 Å². The van der Waals surface area contributed by atoms with Crippen LogP contribution >= 0.6 is 11.6 Å². The third-order valence-electron chi connectivity index (χ3n) is 3.97. The molecule has 1 aliphatic carbocycles. The Labute approximate surface area is 107 Å². The van der Waals surface area contributed by atoms with Crippen LogP contribution in [0.5, 0.6) is 0 Å². The maximum Gasteiger partial charge on any atom is 0.314 e. The lowest BCUT2D eigenvalue weighted by molar-refractivity contribution is -0.150. The second-order valence-corrected chi connectivity index (χ2v) is 5.74. The summed E-state index contributed by atoms with van der Waals surface area (Å²) in [6.07, 6.45) is 1.48. The Bertz CT molecular complexity index is 416. The predicted molar refractivity (Wildman–Crippen MR) is 68.3 cm³/mol. The molecule has 17 heavy (non-hydrogen) atoms. The third kappa shape index (κ3) is 2.06. The number of carboxylic acids is 1. The maximum atomic E-state index is 11.5. The van der Waals surface area contributed by atoms with Gasteiger partial charge in [0.2, 0.25) is 0 Å². The van der Waals surface area contributed by atoms with Crippen molar-refractivity contribution in [3.63, 3.8) is 0 Å². The van der Waals surface area contributed by atoms with E-state index in [0.29, 0.717) is 16.9 Å². The lowest BCUT2D eigenvalue weighted by Crippen LogP contribution is -2.49. The van der Waals surface area contributed by atoms with Crippen LogP contribution in [0.2, 0.25) is 5.02 Å². The number of rotatable bonds is 3. The van der Waals surface area contributed by atoms with Crippen LogP contribution in [-0.4, -0.2) is 11.1 Å². The van der Waals surface area contributed by atoms with Gasteiger partial charge in [0.05, 0.1) is 5.41 Å². The Morgan fingerprint density at radius 1 is 1.35 bits per heavy atom. The van der Waals surface area contributed by atoms with Gasteiger partial charge in [0.25, 0.3) is 0 Å². The van der Waals surface area contributed by atoms with Crippen LogP contribution in [0.25, 0.3) is 0 Å². The molecular weight excluding hydrogens is 236 g/mol. The highest BCUT2D eigenvalue weighted by molar-refractivity contribution is 6.30. The van der Waals surface area contributed by atoms with E-state index in [-0.39, 0.29) is 0 Å². The van der Waals surface area contributed by atoms with Crippen molar-refractivity contribution in [3.8, 4) is 0 Å². The molecule has 0 atom stereocenters. The number of carboxylic acid groups (broad SMARTS) is 1. The molecule has 2 rings (SSSR count). The van der Waals surface area contributed by atoms with Crippen molar-refractivity contribution in [1.29, 1.82) is 0 Å². The number of hydrogen-bond acceptors (Lipinski definition) is 1. The van der Waals surface area contributed by atoms with Gasteiger partial charge in [-0.2, -0.15) is 0 Å². The second-order valence-electron chi connectivity index (χ2n) is 5.31. The molecule has 0 bridgehead atoms. The molecule has 3 heteroatoms. The zero-order valence-electron chi connectivity index (χ0n) is 10.1. The van der Waals surface area contributed by atoms with Gasteiger partial charge in [-0.3, -0.25) is 4.79 Å². The molecule has 2 nitrogen and oxygen atoms in total. The summed E-state index contributed by atoms with van der Waals surface area (Å²) < 4.78 is 0. The van der Waals surface area contributed by atoms with E-state index in [2.05, 4.69) is 13.8 Å². The molecule has 1 aliphatic rings. The van der Waals surface area contributed by atoms with E-state index in [1.807, 2.05) is 12.1 Å². The molecule has 0 spiro atoms. The number of aliphatic carboxylic acids is 1. The molecular formula is C14H17ClO2. The molecule has 1 saturated carbocycles. The van der Waals surface area contributed by atoms with Gasteiger partial charge in [-0.15, -0.1) is 0 Å². The predicted octanol–water partition coefficient (Wildman–Crippen LogP) is 3.73. The number of carbonyl (C=O) groups is 1. The average molecular weight is 253 g/mol. The van der Waals surface area contributed by atoms with Crippen molar-refractivity contribution in [1.82, 2.24) is 0 Å². The van der Waals surface area contributed by atoms with Gasteiger partial charge < -0.3 is 5.11 Å². The van der Waals surface area contributed by atoms with Crippen LogP contribution in [0.1, 0.15) is 32.3 Å². The Balaban J connectivity index is 2.26. The van der Waals surface area contributed by atoms with Crippen LogP contribution in [0.4, 0.5) is 0 Å². The fourth-order valence-electron chi connectivity index (χ4n) is 2.61. The van der Waals surface area contributed by atoms with E-state index < -0.39 is 11.4 Å². The Morgan fingerprint density at radius 2 is 1.88 bits per heavy atom. The Hall–Kier alpha value is -1.02. The van der Waals surface area contributed by atoms with Gasteiger partial charge in [-0.1, -0.05) is 37.6 Å². The van der Waals surface area contributed by atoms with E-state index in [4.69, 9.17) is 11.6 Å². The van der Waals surface area contributed by atoms with Gasteiger partial charge in [0.1, 0.15) is 0 Å². The minimum atomic E-state index is -0.711. The second kappa shape index (κ2) is 4.34. The van der Waals surface area contributed by atoms with Crippen molar-refractivity contribution in [2.45, 2.75) is 32.1 Å². The SMILES string of the molecule is CC(C)C1CC(C(=O)O)(c2ccc(Cl)cc2)C1. The summed E-state index contributed by atoms with van der Waals surface area (Å²) in [5.41, 5.74) is 0.200. The molecule has 1 fully saturated rings. The first-order valence-electron chi connectivity index (χ1n) is 5.95. The van der Waals surface area contributed by atoms with Crippen molar-refractivity contribution < 1.29 is 9.90 Å². The summed E-state index contributed by atoms with van der Waals surface area (Å²) in [5, 5.41) is 10.1. The van der Waals surface area contributed by atoms with Crippen molar-refractivity contribution in [3.05, 3.63) is 34.9 Å². The molecule has 0 aliphatic heterocycles. The van der Waals surface area contributed by atoms with Crippen LogP contribution in [0, 0.1) is 11.8 Å². The molecule has 0 unspecified atom stereocenters. The smallest absolute Gasteiger partial charge is 0.314 e. The summed E-state index contributed by atoms with van der Waals surface area (Å²) in [6, 6.07) is 7.22. The van der Waals surface area contributed by atoms with E-state index in [1.165, 1.54) is 0 Å². The third-order valence-corrected chi connectivity index (χ3v) is 4.22. The summed E-state index contributed by atoms with van der Waals surface area (Å²) in [5.74, 6) is 0.355. The first-order chi connectivity index (χ1) is 7.95. The molecule has 1 aromatic rings. The van der Waals surface area contributed by atoms with Crippen LogP contribution in [0.15, 0.2) is 24.3 Å². The first kappa shape index (κ1) is 12.4. The number of hydrogen-bond donors (Lipinski definition) is 1. The molecule has 0 heterocycles. The maximum absolute atomic E-state index is 11.5. The highest BCUT2D eigenvalue weighted by Gasteiger charge is 2.52. The largest absolute Gasteiger partial charge is 0.481 e. The zero-order chi connectivity index (χ0) is 12.6. The fraction of sp³-hybridized carbons (Fsp3) is 0.500. The van der Waals surface area contributed by atoms with Crippen molar-refractivity contribution in [2.75, 3.05) is 0 Å². The Kier molecular flexibility index (Phi) is 3.17. The van der Waals surface area contributed by atoms with Crippen LogP contribution in [0.3, 0.4) is 0 Å². The zero-order valence-corrected chi connectivity index (χ0v) is 10.9. The molecule has 0 amide bonds. The lowest BCUT2D eigenvalue weighted by Gasteiger charge is -2.46. The van der Waals surface area contributed by atoms with Crippen molar-refractivity contribution in [2.24, 2.45) is 11.8 Å². The highest BCUT2D eigenvalue weighted by atomic mass is 35.5. The summed E-state index contributed by atoms with van der Waals surface area (Å²) in [6.45, 7) is 4.30. The van der Waals surface area contributed by atoms with E-state index in [9.17, 15) is 9.90 Å². The normalized spacial score (nSPS) is 27.9. The Morgan fingerprint density at radius 3 is 2.29 bits per heavy atom. The fourth-order valence-corrected chi connectivity index (χ4v) is 2.74. The number of halogens is 1. The van der Waals surface area contributed by atoms with Gasteiger partial charge in [0, 0.05) is 5.02 Å². The molecule has 0 saturated heterocycles. The van der Waals surface area contributed by atoms with Gasteiger partial charge in [-0.25, -0.2) is 0 Å². The van der Waals surface area contributed by atoms with Crippen LogP contribution < -0.4 is 0 Å². The summed E-state index contributed by atoms with van der Waals surface area (Å²) >= 11 is 5.83. The van der Waals surface area contributed by atoms with Gasteiger partial charge in [-0.05, 0) is 42.4 Å². The molecule has 0 radical (unpaired) electrons. The van der Waals surface area contributed by atoms with Crippen molar-refractivity contribution >= 4 is 17.6 Å². The molecule has 1 aromatic carbocycles. The number of benzene rings is 1. The highest BCUT2D eigenvalue weighted by Crippen LogP contribution is 2.50. The standard InChI is InChI=1S/C14H17ClO2/c1-9(2)10-7-14(8-10,13(16)17)11-3-5-12(15)6-4-11/h3-6,9-10H,7-8H2,1-2H3,(H,16,17). The van der Waals surface area contributed by atoms with E-state index in [1.54, 1.807) is 12.1 Å². The minimum Gasteiger partial charge on any atom is -0.481 e. The van der Waals surface area contributed by atoms with Gasteiger partial charge >= 0.3 is 5.97 Å². The average Bonchev–Trinajstić information content (AvgIpc) is 2.18. The molecule has 0 aromatic heterocycles. The first-order valence-corrected chi connectivity index (χ1v) is 6.33. The summed E-state index contributed by atoms with van der Waals surface area (Å²) in [4.78, 5) is 11.5. The molecule has 92 valence electrons. The van der Waals surface area contributed by atoms with E-state index >= 15 is 0 Å². The lowest BCUT2D eigenvalue weighted by atomic mass is 9.56. The minimum absolute atomic E-state index is 0.516. The van der Waals surface area contributed by atoms with Gasteiger partial charge in [0.15, 0.2) is 0 Å². The molecule has 1 N–H and O–H groups in total. The van der Waals surface area contributed by atoms with E-state index in [0.717, 1.165) is 18.4 Å². The summed E-state index contributed by atoms with van der Waals surface area (Å²) in [7, 11) is 0. The quantitative estimate of drug-likeness (QED) is 0.890. The monoisotopic (exact) mass is 252 g/mol.